The molecule has 3 aromatic rings. The van der Waals surface area contributed by atoms with Crippen molar-refractivity contribution >= 4 is 28.0 Å². The van der Waals surface area contributed by atoms with E-state index in [1.807, 2.05) is 37.3 Å². The third-order valence-corrected chi connectivity index (χ3v) is 8.39. The average Bonchev–Trinajstić information content (AvgIpc) is 3.19. The molecule has 204 valence electrons. The Hall–Kier alpha value is -2.56. The summed E-state index contributed by atoms with van der Waals surface area (Å²) in [5, 5.41) is 1.02. The first-order chi connectivity index (χ1) is 18.2. The van der Waals surface area contributed by atoms with Gasteiger partial charge in [-0.25, -0.2) is 4.98 Å². The van der Waals surface area contributed by atoms with Gasteiger partial charge < -0.3 is 14.4 Å². The van der Waals surface area contributed by atoms with Gasteiger partial charge >= 0.3 is 6.18 Å². The number of carbonyl (C=O) groups excluding carboxylic acids is 1. The van der Waals surface area contributed by atoms with Crippen LogP contribution in [0, 0.1) is 12.8 Å². The molecule has 2 aliphatic heterocycles. The monoisotopic (exact) mass is 547 g/mol. The van der Waals surface area contributed by atoms with Gasteiger partial charge in [0.25, 0.3) is 5.19 Å². The van der Waals surface area contributed by atoms with Gasteiger partial charge in [-0.3, -0.25) is 9.78 Å². The van der Waals surface area contributed by atoms with Crippen molar-refractivity contribution in [2.24, 2.45) is 5.92 Å². The number of hydrogen-bond donors (Lipinski definition) is 0. The summed E-state index contributed by atoms with van der Waals surface area (Å²) < 4.78 is 48.2. The van der Waals surface area contributed by atoms with Crippen LogP contribution >= 0.6 is 11.3 Å². The van der Waals surface area contributed by atoms with Crippen molar-refractivity contribution in [3.8, 4) is 5.19 Å². The Morgan fingerprint density at radius 1 is 1.16 bits per heavy atom. The Labute approximate surface area is 224 Å². The second-order valence-corrected chi connectivity index (χ2v) is 11.3. The summed E-state index contributed by atoms with van der Waals surface area (Å²) in [6, 6.07) is 9.65. The van der Waals surface area contributed by atoms with E-state index in [9.17, 15) is 18.0 Å². The number of rotatable bonds is 8. The number of aromatic nitrogens is 2. The van der Waals surface area contributed by atoms with E-state index >= 15 is 0 Å². The van der Waals surface area contributed by atoms with E-state index in [1.54, 1.807) is 0 Å². The molecule has 0 spiro atoms. The summed E-state index contributed by atoms with van der Waals surface area (Å²) >= 11 is 1.23. The lowest BCUT2D eigenvalue weighted by molar-refractivity contribution is -0.153. The van der Waals surface area contributed by atoms with Crippen molar-refractivity contribution in [3.63, 3.8) is 0 Å². The Bertz CT molecular complexity index is 1250. The van der Waals surface area contributed by atoms with Crippen LogP contribution in [0.5, 0.6) is 5.19 Å². The molecule has 1 fully saturated rings. The van der Waals surface area contributed by atoms with Gasteiger partial charge in [-0.1, -0.05) is 29.5 Å². The van der Waals surface area contributed by atoms with E-state index < -0.39 is 12.8 Å². The van der Waals surface area contributed by atoms with Gasteiger partial charge in [-0.05, 0) is 50.7 Å². The maximum absolute atomic E-state index is 13.1. The van der Waals surface area contributed by atoms with Crippen LogP contribution in [-0.4, -0.2) is 65.8 Å². The summed E-state index contributed by atoms with van der Waals surface area (Å²) in [6.45, 7) is 3.81. The van der Waals surface area contributed by atoms with Gasteiger partial charge in [-0.2, -0.15) is 13.2 Å². The molecule has 2 aromatic heterocycles. The molecule has 0 unspecified atom stereocenters. The minimum Gasteiger partial charge on any atom is -0.460 e. The molecular weight excluding hydrogens is 515 g/mol. The molecule has 38 heavy (non-hydrogen) atoms. The highest BCUT2D eigenvalue weighted by atomic mass is 32.1. The number of benzene rings is 1. The molecule has 5 rings (SSSR count). The van der Waals surface area contributed by atoms with Crippen LogP contribution in [-0.2, 0) is 17.6 Å². The van der Waals surface area contributed by atoms with E-state index in [1.165, 1.54) is 11.3 Å². The Balaban J connectivity index is 1.05. The first kappa shape index (κ1) is 27.0. The fourth-order valence-corrected chi connectivity index (χ4v) is 6.21. The number of Topliss-reactive ketones (excluding diaryl/α,β-unsaturated/α-hetero) is 1. The van der Waals surface area contributed by atoms with Crippen LogP contribution in [0.2, 0.25) is 0 Å². The lowest BCUT2D eigenvalue weighted by atomic mass is 9.90. The Kier molecular flexibility index (Phi) is 8.30. The zero-order valence-corrected chi connectivity index (χ0v) is 22.2. The molecule has 0 N–H and O–H groups in total. The average molecular weight is 548 g/mol. The standard InChI is InChI=1S/C28H32F3N3O3S/c1-18-5-8-21-22(3-2-4-23(21)32-18)25(35)15-19-6-7-20(36-16-19)9-12-34-13-10-24-26(11-14-34)38-27(33-24)37-17-28(29,30)31/h2-5,8,19-20H,6-7,9-17H2,1H3/t19-,20-/m1/s1. The number of pyridine rings is 1. The molecule has 2 atom stereocenters. The topological polar surface area (TPSA) is 64.6 Å². The summed E-state index contributed by atoms with van der Waals surface area (Å²) in [4.78, 5) is 25.3. The molecular formula is C28H32F3N3O3S. The van der Waals surface area contributed by atoms with Crippen molar-refractivity contribution in [1.82, 2.24) is 14.9 Å². The molecule has 1 saturated heterocycles. The fraction of sp³-hybridized carbons (Fsp3) is 0.536. The van der Waals surface area contributed by atoms with Crippen LogP contribution in [0.3, 0.4) is 0 Å². The highest BCUT2D eigenvalue weighted by Crippen LogP contribution is 2.30. The van der Waals surface area contributed by atoms with Crippen LogP contribution in [0.4, 0.5) is 13.2 Å². The molecule has 10 heteroatoms. The molecule has 0 bridgehead atoms. The molecule has 0 radical (unpaired) electrons. The van der Waals surface area contributed by atoms with Crippen LogP contribution in [0.25, 0.3) is 10.9 Å². The predicted molar refractivity (Wildman–Crippen MR) is 140 cm³/mol. The highest BCUT2D eigenvalue weighted by Gasteiger charge is 2.30. The van der Waals surface area contributed by atoms with Crippen molar-refractivity contribution in [1.29, 1.82) is 0 Å². The third-order valence-electron chi connectivity index (χ3n) is 7.32. The maximum atomic E-state index is 13.1. The van der Waals surface area contributed by atoms with Gasteiger partial charge in [0.1, 0.15) is 0 Å². The molecule has 0 aliphatic carbocycles. The SMILES string of the molecule is Cc1ccc2c(C(=O)C[C@H]3CC[C@H](CCN4CCc5nc(OCC(F)(F)F)sc5CC4)OC3)cccc2n1. The van der Waals surface area contributed by atoms with Crippen molar-refractivity contribution < 1.29 is 27.4 Å². The van der Waals surface area contributed by atoms with Crippen molar-refractivity contribution in [3.05, 3.63) is 52.2 Å². The number of alkyl halides is 3. The van der Waals surface area contributed by atoms with E-state index in [0.29, 0.717) is 19.4 Å². The zero-order chi connectivity index (χ0) is 26.7. The third kappa shape index (κ3) is 6.90. The summed E-state index contributed by atoms with van der Waals surface area (Å²) in [5.41, 5.74) is 3.38. The molecule has 2 aliphatic rings. The minimum absolute atomic E-state index is 0.108. The largest absolute Gasteiger partial charge is 0.460 e. The molecule has 0 amide bonds. The van der Waals surface area contributed by atoms with Gasteiger partial charge in [0.05, 0.1) is 23.9 Å². The van der Waals surface area contributed by atoms with E-state index in [-0.39, 0.29) is 23.0 Å². The van der Waals surface area contributed by atoms with Gasteiger partial charge in [0.2, 0.25) is 0 Å². The number of thiazole rings is 1. The zero-order valence-electron chi connectivity index (χ0n) is 21.4. The second-order valence-electron chi connectivity index (χ2n) is 10.2. The van der Waals surface area contributed by atoms with Gasteiger partial charge in [0, 0.05) is 54.0 Å². The van der Waals surface area contributed by atoms with Gasteiger partial charge in [0.15, 0.2) is 12.4 Å². The van der Waals surface area contributed by atoms with Crippen LogP contribution in [0.15, 0.2) is 30.3 Å². The minimum atomic E-state index is -4.36. The van der Waals surface area contributed by atoms with E-state index in [0.717, 1.165) is 78.0 Å². The van der Waals surface area contributed by atoms with E-state index in [2.05, 4.69) is 14.9 Å². The first-order valence-corrected chi connectivity index (χ1v) is 14.0. The molecule has 1 aromatic carbocycles. The van der Waals surface area contributed by atoms with Crippen LogP contribution < -0.4 is 4.74 Å². The van der Waals surface area contributed by atoms with Crippen molar-refractivity contribution in [2.45, 2.75) is 57.7 Å². The van der Waals surface area contributed by atoms with Gasteiger partial charge in [-0.15, -0.1) is 0 Å². The number of hydrogen-bond acceptors (Lipinski definition) is 7. The second kappa shape index (κ2) is 11.7. The fourth-order valence-electron chi connectivity index (χ4n) is 5.26. The molecule has 0 saturated carbocycles. The normalized spacial score (nSPS) is 20.7. The lowest BCUT2D eigenvalue weighted by Gasteiger charge is -2.30. The number of fused-ring (bicyclic) bond motifs is 2. The lowest BCUT2D eigenvalue weighted by Crippen LogP contribution is -2.33. The summed E-state index contributed by atoms with van der Waals surface area (Å²) in [5.74, 6) is 0.368. The Morgan fingerprint density at radius 3 is 2.79 bits per heavy atom. The molecule has 6 nitrogen and oxygen atoms in total. The summed E-state index contributed by atoms with van der Waals surface area (Å²) in [6.07, 6.45) is 0.624. The Morgan fingerprint density at radius 2 is 2.00 bits per heavy atom. The number of ketones is 1. The smallest absolute Gasteiger partial charge is 0.422 e. The summed E-state index contributed by atoms with van der Waals surface area (Å²) in [7, 11) is 0. The number of carbonyl (C=O) groups is 1. The number of ether oxygens (including phenoxy) is 2. The van der Waals surface area contributed by atoms with Crippen molar-refractivity contribution in [2.75, 3.05) is 32.8 Å². The quantitative estimate of drug-likeness (QED) is 0.332. The van der Waals surface area contributed by atoms with Crippen LogP contribution in [0.1, 0.15) is 52.3 Å². The van der Waals surface area contributed by atoms with E-state index in [4.69, 9.17) is 9.47 Å². The number of nitrogens with zero attached hydrogens (tertiary/aromatic N) is 3. The number of aryl methyl sites for hydroxylation is 1. The maximum Gasteiger partial charge on any atom is 0.422 e. The highest BCUT2D eigenvalue weighted by molar-refractivity contribution is 7.13. The number of halogens is 3. The molecule has 4 heterocycles. The predicted octanol–water partition coefficient (Wildman–Crippen LogP) is 5.80. The first-order valence-electron chi connectivity index (χ1n) is 13.1.